The van der Waals surface area contributed by atoms with Crippen LogP contribution in [-0.2, 0) is 4.79 Å². The Labute approximate surface area is 182 Å². The summed E-state index contributed by atoms with van der Waals surface area (Å²) in [5, 5.41) is 7.01. The SMILES string of the molecule is CCCCN1N=C(C(=O)C[C@H]2C[C@@H]3CC[C@]2(C)C3(C)C)CC1c1cccc(OC)c1. The fourth-order valence-corrected chi connectivity index (χ4v) is 6.41. The van der Waals surface area contributed by atoms with E-state index in [-0.39, 0.29) is 11.8 Å². The van der Waals surface area contributed by atoms with Crippen LogP contribution in [0.5, 0.6) is 5.75 Å². The Morgan fingerprint density at radius 3 is 2.73 bits per heavy atom. The first-order chi connectivity index (χ1) is 14.3. The fraction of sp³-hybridized carbons (Fsp3) is 0.692. The molecule has 0 aromatic heterocycles. The van der Waals surface area contributed by atoms with Crippen LogP contribution in [0.2, 0.25) is 0 Å². The van der Waals surface area contributed by atoms with E-state index in [1.807, 2.05) is 12.1 Å². The Kier molecular flexibility index (Phi) is 5.71. The van der Waals surface area contributed by atoms with Gasteiger partial charge in [0.2, 0.25) is 0 Å². The number of ketones is 1. The van der Waals surface area contributed by atoms with Crippen molar-refractivity contribution in [1.82, 2.24) is 5.01 Å². The second kappa shape index (κ2) is 8.01. The largest absolute Gasteiger partial charge is 0.497 e. The van der Waals surface area contributed by atoms with Crippen molar-refractivity contribution < 1.29 is 9.53 Å². The molecule has 4 atom stereocenters. The molecule has 4 rings (SSSR count). The quantitative estimate of drug-likeness (QED) is 0.526. The van der Waals surface area contributed by atoms with Gasteiger partial charge in [-0.2, -0.15) is 5.10 Å². The van der Waals surface area contributed by atoms with Crippen LogP contribution in [0, 0.1) is 22.7 Å². The van der Waals surface area contributed by atoms with E-state index in [1.165, 1.54) is 24.8 Å². The van der Waals surface area contributed by atoms with Gasteiger partial charge >= 0.3 is 0 Å². The minimum atomic E-state index is 0.137. The Morgan fingerprint density at radius 1 is 1.30 bits per heavy atom. The number of ether oxygens (including phenoxy) is 1. The van der Waals surface area contributed by atoms with E-state index in [1.54, 1.807) is 7.11 Å². The molecule has 164 valence electrons. The molecule has 1 aromatic rings. The van der Waals surface area contributed by atoms with Gasteiger partial charge in [0.05, 0.1) is 13.2 Å². The number of unbranched alkanes of at least 4 members (excludes halogenated alkanes) is 1. The highest BCUT2D eigenvalue weighted by molar-refractivity contribution is 6.40. The van der Waals surface area contributed by atoms with Crippen LogP contribution in [0.1, 0.15) is 84.2 Å². The molecule has 1 unspecified atom stereocenters. The van der Waals surface area contributed by atoms with Crippen molar-refractivity contribution in [3.63, 3.8) is 0 Å². The van der Waals surface area contributed by atoms with Gasteiger partial charge in [-0.05, 0) is 66.0 Å². The first kappa shape index (κ1) is 21.4. The highest BCUT2D eigenvalue weighted by Gasteiger charge is 2.61. The third-order valence-corrected chi connectivity index (χ3v) is 8.94. The molecule has 1 aliphatic heterocycles. The molecule has 2 bridgehead atoms. The molecule has 0 amide bonds. The first-order valence-corrected chi connectivity index (χ1v) is 11.8. The Hall–Kier alpha value is -1.84. The number of benzene rings is 1. The topological polar surface area (TPSA) is 41.9 Å². The van der Waals surface area contributed by atoms with Crippen molar-refractivity contribution in [2.24, 2.45) is 27.8 Å². The summed E-state index contributed by atoms with van der Waals surface area (Å²) in [4.78, 5) is 13.4. The molecular formula is C26H38N2O2. The van der Waals surface area contributed by atoms with E-state index >= 15 is 0 Å². The molecular weight excluding hydrogens is 372 g/mol. The summed E-state index contributed by atoms with van der Waals surface area (Å²) in [6.45, 7) is 10.4. The van der Waals surface area contributed by atoms with Gasteiger partial charge in [-0.15, -0.1) is 0 Å². The molecule has 3 aliphatic rings. The number of nitrogens with zero attached hydrogens (tertiary/aromatic N) is 2. The van der Waals surface area contributed by atoms with E-state index in [0.29, 0.717) is 29.6 Å². The summed E-state index contributed by atoms with van der Waals surface area (Å²) in [5.41, 5.74) is 2.61. The van der Waals surface area contributed by atoms with E-state index in [9.17, 15) is 4.79 Å². The van der Waals surface area contributed by atoms with Gasteiger partial charge in [-0.25, -0.2) is 0 Å². The highest BCUT2D eigenvalue weighted by atomic mass is 16.5. The maximum absolute atomic E-state index is 13.4. The first-order valence-electron chi connectivity index (χ1n) is 11.8. The summed E-state index contributed by atoms with van der Waals surface area (Å²) in [6.07, 6.45) is 7.40. The molecule has 0 radical (unpaired) electrons. The third-order valence-electron chi connectivity index (χ3n) is 8.94. The fourth-order valence-electron chi connectivity index (χ4n) is 6.41. The number of carbonyl (C=O) groups excluding carboxylic acids is 1. The maximum atomic E-state index is 13.4. The van der Waals surface area contributed by atoms with Crippen molar-refractivity contribution in [1.29, 1.82) is 0 Å². The molecule has 1 aromatic carbocycles. The van der Waals surface area contributed by atoms with Crippen molar-refractivity contribution >= 4 is 11.5 Å². The van der Waals surface area contributed by atoms with Crippen LogP contribution in [0.4, 0.5) is 0 Å². The van der Waals surface area contributed by atoms with Gasteiger partial charge in [0, 0.05) is 19.4 Å². The summed E-state index contributed by atoms with van der Waals surface area (Å²) >= 11 is 0. The highest BCUT2D eigenvalue weighted by Crippen LogP contribution is 2.68. The number of carbonyl (C=O) groups is 1. The molecule has 0 saturated heterocycles. The molecule has 2 aliphatic carbocycles. The second-order valence-corrected chi connectivity index (χ2v) is 10.5. The van der Waals surface area contributed by atoms with Crippen molar-refractivity contribution in [2.75, 3.05) is 13.7 Å². The Morgan fingerprint density at radius 2 is 2.10 bits per heavy atom. The second-order valence-electron chi connectivity index (χ2n) is 10.5. The number of hydrogen-bond acceptors (Lipinski definition) is 4. The lowest BCUT2D eigenvalue weighted by atomic mass is 9.65. The predicted molar refractivity (Wildman–Crippen MR) is 122 cm³/mol. The number of rotatable bonds is 8. The van der Waals surface area contributed by atoms with Crippen LogP contribution in [-0.4, -0.2) is 30.2 Å². The molecule has 4 heteroatoms. The normalized spacial score (nSPS) is 31.8. The van der Waals surface area contributed by atoms with E-state index in [0.717, 1.165) is 36.8 Å². The minimum Gasteiger partial charge on any atom is -0.497 e. The molecule has 0 N–H and O–H groups in total. The van der Waals surface area contributed by atoms with Gasteiger partial charge in [0.15, 0.2) is 5.78 Å². The third kappa shape index (κ3) is 3.46. The van der Waals surface area contributed by atoms with Crippen LogP contribution < -0.4 is 4.74 Å². The summed E-state index contributed by atoms with van der Waals surface area (Å²) < 4.78 is 5.43. The molecule has 0 spiro atoms. The zero-order valence-corrected chi connectivity index (χ0v) is 19.4. The number of Topliss-reactive ketones (excluding diaryl/α,β-unsaturated/α-hetero) is 1. The smallest absolute Gasteiger partial charge is 0.179 e. The lowest BCUT2D eigenvalue weighted by Gasteiger charge is -2.39. The summed E-state index contributed by atoms with van der Waals surface area (Å²) in [5.74, 6) is 2.41. The predicted octanol–water partition coefficient (Wildman–Crippen LogP) is 6.02. The maximum Gasteiger partial charge on any atom is 0.179 e. The van der Waals surface area contributed by atoms with Gasteiger partial charge in [-0.1, -0.05) is 46.2 Å². The van der Waals surface area contributed by atoms with Crippen LogP contribution in [0.15, 0.2) is 29.4 Å². The van der Waals surface area contributed by atoms with E-state index in [4.69, 9.17) is 9.84 Å². The monoisotopic (exact) mass is 410 g/mol. The zero-order valence-electron chi connectivity index (χ0n) is 19.4. The molecule has 1 heterocycles. The van der Waals surface area contributed by atoms with Gasteiger partial charge in [0.25, 0.3) is 0 Å². The number of fused-ring (bicyclic) bond motifs is 2. The van der Waals surface area contributed by atoms with E-state index in [2.05, 4.69) is 44.8 Å². The number of hydrogen-bond donors (Lipinski definition) is 0. The molecule has 4 nitrogen and oxygen atoms in total. The number of hydrazone groups is 1. The Bertz CT molecular complexity index is 830. The van der Waals surface area contributed by atoms with Crippen molar-refractivity contribution in [3.8, 4) is 5.75 Å². The van der Waals surface area contributed by atoms with Crippen LogP contribution in [0.25, 0.3) is 0 Å². The average Bonchev–Trinajstić information content (AvgIpc) is 3.32. The summed E-state index contributed by atoms with van der Waals surface area (Å²) in [6, 6.07) is 8.36. The van der Waals surface area contributed by atoms with Crippen molar-refractivity contribution in [3.05, 3.63) is 29.8 Å². The lowest BCUT2D eigenvalue weighted by Crippen LogP contribution is -2.34. The summed E-state index contributed by atoms with van der Waals surface area (Å²) in [7, 11) is 1.70. The van der Waals surface area contributed by atoms with Gasteiger partial charge in [-0.3, -0.25) is 9.80 Å². The standard InChI is InChI=1S/C26H38N2O2/c1-6-7-13-28-23(18-9-8-10-21(14-18)30-5)17-22(27-28)24(29)16-20-15-19-11-12-26(20,4)25(19,2)3/h8-10,14,19-20,23H,6-7,11-13,15-17H2,1-5H3/t19-,20+,23?,26-/m0/s1. The lowest BCUT2D eigenvalue weighted by molar-refractivity contribution is -0.115. The molecule has 2 saturated carbocycles. The Balaban J connectivity index is 1.50. The minimum absolute atomic E-state index is 0.137. The van der Waals surface area contributed by atoms with Crippen LogP contribution >= 0.6 is 0 Å². The van der Waals surface area contributed by atoms with E-state index < -0.39 is 0 Å². The average molecular weight is 411 g/mol. The number of methoxy groups -OCH3 is 1. The van der Waals surface area contributed by atoms with Crippen molar-refractivity contribution in [2.45, 2.75) is 78.7 Å². The molecule has 30 heavy (non-hydrogen) atoms. The van der Waals surface area contributed by atoms with Gasteiger partial charge in [0.1, 0.15) is 11.5 Å². The van der Waals surface area contributed by atoms with Crippen LogP contribution in [0.3, 0.4) is 0 Å². The molecule has 2 fully saturated rings. The zero-order chi connectivity index (χ0) is 21.5. The van der Waals surface area contributed by atoms with Gasteiger partial charge < -0.3 is 4.74 Å².